The van der Waals surface area contributed by atoms with Crippen molar-refractivity contribution in [1.82, 2.24) is 0 Å². The molecule has 0 bridgehead atoms. The van der Waals surface area contributed by atoms with E-state index in [1.807, 2.05) is 6.92 Å². The third kappa shape index (κ3) is 4.13. The lowest BCUT2D eigenvalue weighted by Crippen LogP contribution is -1.97. The Balaban J connectivity index is 2.86. The topological polar surface area (TPSA) is 9.23 Å². The molecule has 1 radical (unpaired) electrons. The summed E-state index contributed by atoms with van der Waals surface area (Å²) >= 11 is 0. The van der Waals surface area contributed by atoms with Gasteiger partial charge >= 0.3 is 0 Å². The molecule has 0 fully saturated rings. The number of hydrogen-bond donors (Lipinski definition) is 0. The fraction of sp³-hybridized carbons (Fsp3) is 0.857. The highest BCUT2D eigenvalue weighted by Gasteiger charge is 1.95. The standard InChI is InChI=1S/C7H15O/c1-4-6-8-7(3)5-2/h4-6H2,1-3H3. The van der Waals surface area contributed by atoms with Gasteiger partial charge in [0.15, 0.2) is 0 Å². The highest BCUT2D eigenvalue weighted by atomic mass is 16.5. The Morgan fingerprint density at radius 1 is 1.38 bits per heavy atom. The molecule has 1 heteroatoms. The third-order valence-corrected chi connectivity index (χ3v) is 1.05. The number of rotatable bonds is 4. The molecule has 0 saturated heterocycles. The second kappa shape index (κ2) is 5.10. The van der Waals surface area contributed by atoms with Gasteiger partial charge in [0.1, 0.15) is 0 Å². The summed E-state index contributed by atoms with van der Waals surface area (Å²) in [5, 5.41) is 0. The number of hydrogen-bond acceptors (Lipinski definition) is 1. The van der Waals surface area contributed by atoms with Gasteiger partial charge in [0.2, 0.25) is 0 Å². The molecule has 0 aromatic heterocycles. The van der Waals surface area contributed by atoms with E-state index in [9.17, 15) is 0 Å². The van der Waals surface area contributed by atoms with E-state index in [0.29, 0.717) is 0 Å². The van der Waals surface area contributed by atoms with Gasteiger partial charge in [-0.2, -0.15) is 0 Å². The van der Waals surface area contributed by atoms with Crippen molar-refractivity contribution in [3.63, 3.8) is 0 Å². The molecule has 8 heavy (non-hydrogen) atoms. The highest BCUT2D eigenvalue weighted by molar-refractivity contribution is 4.66. The van der Waals surface area contributed by atoms with Crippen molar-refractivity contribution < 1.29 is 4.74 Å². The molecule has 1 nitrogen and oxygen atoms in total. The molecule has 0 spiro atoms. The minimum atomic E-state index is 0.875. The maximum atomic E-state index is 5.26. The van der Waals surface area contributed by atoms with Gasteiger partial charge in [-0.15, -0.1) is 0 Å². The molecule has 0 unspecified atom stereocenters. The summed E-state index contributed by atoms with van der Waals surface area (Å²) in [7, 11) is 0. The molecule has 0 aliphatic heterocycles. The first kappa shape index (κ1) is 7.96. The molecule has 0 aliphatic rings. The van der Waals surface area contributed by atoms with E-state index in [4.69, 9.17) is 4.74 Å². The second-order valence-electron chi connectivity index (χ2n) is 1.90. The molecule has 0 aromatic rings. The Morgan fingerprint density at radius 2 is 2.00 bits per heavy atom. The van der Waals surface area contributed by atoms with Crippen molar-refractivity contribution in [3.8, 4) is 0 Å². The van der Waals surface area contributed by atoms with Crippen molar-refractivity contribution in [2.75, 3.05) is 6.61 Å². The van der Waals surface area contributed by atoms with Crippen LogP contribution in [-0.4, -0.2) is 6.61 Å². The van der Waals surface area contributed by atoms with Crippen molar-refractivity contribution in [3.05, 3.63) is 6.10 Å². The van der Waals surface area contributed by atoms with Crippen LogP contribution < -0.4 is 0 Å². The van der Waals surface area contributed by atoms with Crippen molar-refractivity contribution in [2.45, 2.75) is 33.6 Å². The molecule has 0 heterocycles. The minimum Gasteiger partial charge on any atom is -0.372 e. The maximum absolute atomic E-state index is 5.26. The van der Waals surface area contributed by atoms with E-state index >= 15 is 0 Å². The predicted molar refractivity (Wildman–Crippen MR) is 35.5 cm³/mol. The van der Waals surface area contributed by atoms with Gasteiger partial charge in [-0.3, -0.25) is 0 Å². The summed E-state index contributed by atoms with van der Waals surface area (Å²) in [5.74, 6) is 0. The lowest BCUT2D eigenvalue weighted by atomic mass is 10.3. The summed E-state index contributed by atoms with van der Waals surface area (Å²) in [6, 6.07) is 0. The summed E-state index contributed by atoms with van der Waals surface area (Å²) in [6.07, 6.45) is 3.30. The maximum Gasteiger partial charge on any atom is 0.0937 e. The molecule has 0 N–H and O–H groups in total. The van der Waals surface area contributed by atoms with Crippen LogP contribution >= 0.6 is 0 Å². The van der Waals surface area contributed by atoms with Crippen LogP contribution in [0.4, 0.5) is 0 Å². The summed E-state index contributed by atoms with van der Waals surface area (Å²) < 4.78 is 5.26. The van der Waals surface area contributed by atoms with Crippen LogP contribution in [-0.2, 0) is 4.74 Å². The quantitative estimate of drug-likeness (QED) is 0.546. The van der Waals surface area contributed by atoms with Gasteiger partial charge in [-0.1, -0.05) is 13.8 Å². The zero-order chi connectivity index (χ0) is 6.41. The lowest BCUT2D eigenvalue weighted by Gasteiger charge is -2.06. The fourth-order valence-corrected chi connectivity index (χ4v) is 0.378. The summed E-state index contributed by atoms with van der Waals surface area (Å²) in [4.78, 5) is 0. The van der Waals surface area contributed by atoms with Crippen molar-refractivity contribution in [1.29, 1.82) is 0 Å². The highest BCUT2D eigenvalue weighted by Crippen LogP contribution is 2.04. The predicted octanol–water partition coefficient (Wildman–Crippen LogP) is 2.37. The van der Waals surface area contributed by atoms with Crippen LogP contribution in [0.5, 0.6) is 0 Å². The van der Waals surface area contributed by atoms with E-state index in [2.05, 4.69) is 13.8 Å². The lowest BCUT2D eigenvalue weighted by molar-refractivity contribution is 0.145. The average Bonchev–Trinajstić information content (AvgIpc) is 1.83. The van der Waals surface area contributed by atoms with Crippen molar-refractivity contribution in [2.24, 2.45) is 0 Å². The van der Waals surface area contributed by atoms with Gasteiger partial charge in [0, 0.05) is 6.61 Å². The van der Waals surface area contributed by atoms with Crippen LogP contribution in [0.2, 0.25) is 0 Å². The van der Waals surface area contributed by atoms with Crippen LogP contribution in [0.1, 0.15) is 33.6 Å². The fourth-order valence-electron chi connectivity index (χ4n) is 0.378. The average molecular weight is 115 g/mol. The summed E-state index contributed by atoms with van der Waals surface area (Å²) in [5.41, 5.74) is 0. The van der Waals surface area contributed by atoms with Gasteiger partial charge < -0.3 is 4.74 Å². The summed E-state index contributed by atoms with van der Waals surface area (Å²) in [6.45, 7) is 7.11. The molecular formula is C7H15O. The largest absolute Gasteiger partial charge is 0.372 e. The van der Waals surface area contributed by atoms with Crippen molar-refractivity contribution >= 4 is 0 Å². The first-order valence-corrected chi connectivity index (χ1v) is 3.26. The first-order valence-electron chi connectivity index (χ1n) is 3.26. The Labute approximate surface area is 52.0 Å². The molecule has 49 valence electrons. The van der Waals surface area contributed by atoms with Crippen LogP contribution in [0.15, 0.2) is 0 Å². The molecule has 0 amide bonds. The van der Waals surface area contributed by atoms with E-state index in [1.165, 1.54) is 0 Å². The Morgan fingerprint density at radius 3 is 2.38 bits per heavy atom. The Bertz CT molecular complexity index is 43.7. The molecule has 0 saturated carbocycles. The van der Waals surface area contributed by atoms with E-state index in [-0.39, 0.29) is 0 Å². The van der Waals surface area contributed by atoms with Gasteiger partial charge in [0.05, 0.1) is 6.10 Å². The van der Waals surface area contributed by atoms with E-state index < -0.39 is 0 Å². The number of ether oxygens (including phenoxy) is 1. The van der Waals surface area contributed by atoms with Crippen LogP contribution in [0.25, 0.3) is 0 Å². The minimum absolute atomic E-state index is 0.875. The van der Waals surface area contributed by atoms with Crippen LogP contribution in [0, 0.1) is 6.10 Å². The molecule has 0 atom stereocenters. The first-order chi connectivity index (χ1) is 3.81. The Kier molecular flexibility index (Phi) is 5.08. The molecule has 0 aromatic carbocycles. The zero-order valence-corrected chi connectivity index (χ0v) is 6.03. The monoisotopic (exact) mass is 115 g/mol. The molecular weight excluding hydrogens is 100 g/mol. The van der Waals surface area contributed by atoms with Gasteiger partial charge in [-0.05, 0) is 19.8 Å². The zero-order valence-electron chi connectivity index (χ0n) is 6.03. The van der Waals surface area contributed by atoms with Crippen LogP contribution in [0.3, 0.4) is 0 Å². The second-order valence-corrected chi connectivity index (χ2v) is 1.90. The SMILES string of the molecule is CCCO[C](C)CC. The third-order valence-electron chi connectivity index (χ3n) is 1.05. The normalized spacial score (nSPS) is 10.5. The molecule has 0 aliphatic carbocycles. The van der Waals surface area contributed by atoms with Gasteiger partial charge in [0.25, 0.3) is 0 Å². The Hall–Kier alpha value is -0.0400. The van der Waals surface area contributed by atoms with Gasteiger partial charge in [-0.25, -0.2) is 0 Å². The molecule has 0 rings (SSSR count). The van der Waals surface area contributed by atoms with E-state index in [1.54, 1.807) is 0 Å². The smallest absolute Gasteiger partial charge is 0.0937 e. The van der Waals surface area contributed by atoms with E-state index in [0.717, 1.165) is 25.6 Å².